The topological polar surface area (TPSA) is 64.0 Å². The van der Waals surface area contributed by atoms with E-state index in [0.717, 1.165) is 0 Å². The predicted octanol–water partition coefficient (Wildman–Crippen LogP) is 2.64. The molecule has 0 bridgehead atoms. The van der Waals surface area contributed by atoms with Gasteiger partial charge in [0.05, 0.1) is 10.9 Å². The molecule has 6 heteroatoms. The SMILES string of the molecule is Cn1c(CCC(=O)Nc2ccc(F)cc2)nc2ccccc2c1=O. The second-order valence-corrected chi connectivity index (χ2v) is 5.46. The van der Waals surface area contributed by atoms with E-state index < -0.39 is 0 Å². The van der Waals surface area contributed by atoms with Crippen molar-refractivity contribution in [2.45, 2.75) is 12.8 Å². The summed E-state index contributed by atoms with van der Waals surface area (Å²) in [5, 5.41) is 3.24. The Morgan fingerprint density at radius 3 is 2.62 bits per heavy atom. The Kier molecular flexibility index (Phi) is 4.37. The van der Waals surface area contributed by atoms with Gasteiger partial charge in [0, 0.05) is 25.6 Å². The van der Waals surface area contributed by atoms with Crippen molar-refractivity contribution < 1.29 is 9.18 Å². The van der Waals surface area contributed by atoms with Crippen LogP contribution in [0.1, 0.15) is 12.2 Å². The second kappa shape index (κ2) is 6.62. The number of carbonyl (C=O) groups is 1. The fourth-order valence-electron chi connectivity index (χ4n) is 2.47. The number of aromatic nitrogens is 2. The number of aryl methyl sites for hydroxylation is 1. The zero-order valence-electron chi connectivity index (χ0n) is 13.1. The van der Waals surface area contributed by atoms with Crippen LogP contribution in [0.3, 0.4) is 0 Å². The van der Waals surface area contributed by atoms with Gasteiger partial charge in [-0.1, -0.05) is 12.1 Å². The van der Waals surface area contributed by atoms with Crippen LogP contribution in [0.5, 0.6) is 0 Å². The summed E-state index contributed by atoms with van der Waals surface area (Å²) in [6, 6.07) is 12.7. The van der Waals surface area contributed by atoms with Crippen LogP contribution in [0.4, 0.5) is 10.1 Å². The van der Waals surface area contributed by atoms with Gasteiger partial charge in [0.25, 0.3) is 5.56 Å². The van der Waals surface area contributed by atoms with Crippen molar-refractivity contribution in [2.75, 3.05) is 5.32 Å². The molecule has 5 nitrogen and oxygen atoms in total. The average molecular weight is 325 g/mol. The zero-order valence-corrected chi connectivity index (χ0v) is 13.1. The quantitative estimate of drug-likeness (QED) is 0.802. The van der Waals surface area contributed by atoms with Crippen LogP contribution in [0.2, 0.25) is 0 Å². The summed E-state index contributed by atoms with van der Waals surface area (Å²) >= 11 is 0. The smallest absolute Gasteiger partial charge is 0.261 e. The van der Waals surface area contributed by atoms with Crippen molar-refractivity contribution >= 4 is 22.5 Å². The summed E-state index contributed by atoms with van der Waals surface area (Å²) in [5.41, 5.74) is 1.02. The number of benzene rings is 2. The number of anilines is 1. The monoisotopic (exact) mass is 325 g/mol. The maximum Gasteiger partial charge on any atom is 0.261 e. The fraction of sp³-hybridized carbons (Fsp3) is 0.167. The summed E-state index contributed by atoms with van der Waals surface area (Å²) in [7, 11) is 1.65. The highest BCUT2D eigenvalue weighted by molar-refractivity contribution is 5.90. The summed E-state index contributed by atoms with van der Waals surface area (Å²) < 4.78 is 14.3. The highest BCUT2D eigenvalue weighted by Crippen LogP contribution is 2.11. The number of nitrogens with zero attached hydrogens (tertiary/aromatic N) is 2. The van der Waals surface area contributed by atoms with Crippen LogP contribution in [-0.2, 0) is 18.3 Å². The van der Waals surface area contributed by atoms with Crippen molar-refractivity contribution in [3.63, 3.8) is 0 Å². The van der Waals surface area contributed by atoms with Crippen molar-refractivity contribution in [1.82, 2.24) is 9.55 Å². The molecule has 0 aliphatic carbocycles. The highest BCUT2D eigenvalue weighted by Gasteiger charge is 2.10. The van der Waals surface area contributed by atoms with E-state index >= 15 is 0 Å². The van der Waals surface area contributed by atoms with Crippen molar-refractivity contribution in [3.8, 4) is 0 Å². The van der Waals surface area contributed by atoms with Gasteiger partial charge < -0.3 is 5.32 Å². The van der Waals surface area contributed by atoms with Gasteiger partial charge in [-0.3, -0.25) is 14.2 Å². The Bertz CT molecular complexity index is 949. The van der Waals surface area contributed by atoms with E-state index in [9.17, 15) is 14.0 Å². The average Bonchev–Trinajstić information content (AvgIpc) is 2.59. The van der Waals surface area contributed by atoms with Crippen LogP contribution in [0, 0.1) is 5.82 Å². The van der Waals surface area contributed by atoms with E-state index in [2.05, 4.69) is 10.3 Å². The normalized spacial score (nSPS) is 10.8. The Morgan fingerprint density at radius 1 is 1.17 bits per heavy atom. The first-order valence-electron chi connectivity index (χ1n) is 7.54. The Balaban J connectivity index is 1.73. The number of amides is 1. The lowest BCUT2D eigenvalue weighted by Crippen LogP contribution is -2.23. The first-order chi connectivity index (χ1) is 11.5. The van der Waals surface area contributed by atoms with E-state index in [1.54, 1.807) is 25.2 Å². The molecule has 0 atom stereocenters. The minimum Gasteiger partial charge on any atom is -0.326 e. The van der Waals surface area contributed by atoms with Gasteiger partial charge >= 0.3 is 0 Å². The molecule has 0 unspecified atom stereocenters. The predicted molar refractivity (Wildman–Crippen MR) is 90.3 cm³/mol. The Hall–Kier alpha value is -3.02. The molecule has 0 spiro atoms. The summed E-state index contributed by atoms with van der Waals surface area (Å²) in [6.45, 7) is 0. The van der Waals surface area contributed by atoms with Gasteiger partial charge in [0.1, 0.15) is 11.6 Å². The largest absolute Gasteiger partial charge is 0.326 e. The maximum atomic E-state index is 12.9. The zero-order chi connectivity index (χ0) is 17.1. The molecular formula is C18H16FN3O2. The molecule has 0 radical (unpaired) electrons. The van der Waals surface area contributed by atoms with Gasteiger partial charge in [0.2, 0.25) is 5.91 Å². The second-order valence-electron chi connectivity index (χ2n) is 5.46. The number of halogens is 1. The molecular weight excluding hydrogens is 309 g/mol. The molecule has 3 aromatic rings. The van der Waals surface area contributed by atoms with Crippen LogP contribution in [0.25, 0.3) is 10.9 Å². The number of nitrogens with one attached hydrogen (secondary N) is 1. The van der Waals surface area contributed by atoms with Crippen LogP contribution < -0.4 is 10.9 Å². The molecule has 2 aromatic carbocycles. The van der Waals surface area contributed by atoms with E-state index in [4.69, 9.17) is 0 Å². The Morgan fingerprint density at radius 2 is 1.88 bits per heavy atom. The molecule has 0 aliphatic rings. The van der Waals surface area contributed by atoms with Gasteiger partial charge in [-0.05, 0) is 36.4 Å². The van der Waals surface area contributed by atoms with Crippen molar-refractivity contribution in [2.24, 2.45) is 7.05 Å². The molecule has 0 saturated heterocycles. The molecule has 122 valence electrons. The highest BCUT2D eigenvalue weighted by atomic mass is 19.1. The first-order valence-corrected chi connectivity index (χ1v) is 7.54. The third-order valence-electron chi connectivity index (χ3n) is 3.78. The molecule has 0 aliphatic heterocycles. The van der Waals surface area contributed by atoms with Crippen LogP contribution in [-0.4, -0.2) is 15.5 Å². The van der Waals surface area contributed by atoms with Gasteiger partial charge in [0.15, 0.2) is 0 Å². The molecule has 3 rings (SSSR count). The summed E-state index contributed by atoms with van der Waals surface area (Å²) in [5.74, 6) is -0.0275. The van der Waals surface area contributed by atoms with Gasteiger partial charge in [-0.2, -0.15) is 0 Å². The van der Waals surface area contributed by atoms with E-state index in [1.807, 2.05) is 6.07 Å². The maximum absolute atomic E-state index is 12.9. The van der Waals surface area contributed by atoms with Crippen LogP contribution in [0.15, 0.2) is 53.3 Å². The van der Waals surface area contributed by atoms with E-state index in [0.29, 0.717) is 28.8 Å². The molecule has 0 fully saturated rings. The lowest BCUT2D eigenvalue weighted by Gasteiger charge is -2.09. The fourth-order valence-corrected chi connectivity index (χ4v) is 2.47. The molecule has 24 heavy (non-hydrogen) atoms. The third kappa shape index (κ3) is 3.32. The van der Waals surface area contributed by atoms with E-state index in [-0.39, 0.29) is 23.7 Å². The number of hydrogen-bond acceptors (Lipinski definition) is 3. The summed E-state index contributed by atoms with van der Waals surface area (Å²) in [4.78, 5) is 28.8. The summed E-state index contributed by atoms with van der Waals surface area (Å²) in [6.07, 6.45) is 0.513. The number of hydrogen-bond donors (Lipinski definition) is 1. The number of carbonyl (C=O) groups excluding carboxylic acids is 1. The van der Waals surface area contributed by atoms with Crippen molar-refractivity contribution in [3.05, 3.63) is 70.5 Å². The number of rotatable bonds is 4. The molecule has 1 heterocycles. The molecule has 1 amide bonds. The van der Waals surface area contributed by atoms with Gasteiger partial charge in [-0.15, -0.1) is 0 Å². The molecule has 1 N–H and O–H groups in total. The molecule has 0 saturated carbocycles. The lowest BCUT2D eigenvalue weighted by atomic mass is 10.2. The van der Waals surface area contributed by atoms with Crippen molar-refractivity contribution in [1.29, 1.82) is 0 Å². The number of para-hydroxylation sites is 1. The third-order valence-corrected chi connectivity index (χ3v) is 3.78. The Labute approximate surface area is 137 Å². The molecule has 1 aromatic heterocycles. The van der Waals surface area contributed by atoms with E-state index in [1.165, 1.54) is 28.8 Å². The minimum absolute atomic E-state index is 0.130. The first kappa shape index (κ1) is 15.9. The van der Waals surface area contributed by atoms with Gasteiger partial charge in [-0.25, -0.2) is 9.37 Å². The standard InChI is InChI=1S/C18H16FN3O2/c1-22-16(21-15-5-3-2-4-14(15)18(22)24)10-11-17(23)20-13-8-6-12(19)7-9-13/h2-9H,10-11H2,1H3,(H,20,23). The van der Waals surface area contributed by atoms with Crippen LogP contribution >= 0.6 is 0 Å². The minimum atomic E-state index is -0.358. The lowest BCUT2D eigenvalue weighted by molar-refractivity contribution is -0.116. The number of fused-ring (bicyclic) bond motifs is 1.